The van der Waals surface area contributed by atoms with Crippen LogP contribution >= 0.6 is 23.2 Å². The molecule has 2 rings (SSSR count). The number of amides is 3. The summed E-state index contributed by atoms with van der Waals surface area (Å²) in [5.74, 6) is -2.06. The number of imide groups is 1. The second-order valence-electron chi connectivity index (χ2n) is 6.16. The molecule has 1 saturated heterocycles. The maximum atomic E-state index is 12.8. The fourth-order valence-electron chi connectivity index (χ4n) is 2.70. The van der Waals surface area contributed by atoms with Crippen molar-refractivity contribution in [3.8, 4) is 0 Å². The summed E-state index contributed by atoms with van der Waals surface area (Å²) in [4.78, 5) is 34.3. The number of carbonyl (C=O) groups is 3. The normalized spacial score (nSPS) is 17.0. The molecule has 1 atom stereocenters. The Hall–Kier alpha value is -1.88. The summed E-state index contributed by atoms with van der Waals surface area (Å²) in [7, 11) is -3.86. The van der Waals surface area contributed by atoms with Crippen LogP contribution in [0, 0.1) is 5.92 Å². The maximum absolute atomic E-state index is 12.8. The summed E-state index contributed by atoms with van der Waals surface area (Å²) in [5.41, 5.74) is 4.84. The lowest BCUT2D eigenvalue weighted by Crippen LogP contribution is -2.44. The predicted octanol–water partition coefficient (Wildman–Crippen LogP) is 1.52. The number of hydrogen-bond donors (Lipinski definition) is 2. The molecule has 9 nitrogen and oxygen atoms in total. The number of benzene rings is 1. The molecule has 0 aromatic heterocycles. The third-order valence-electron chi connectivity index (χ3n) is 4.23. The first-order chi connectivity index (χ1) is 13.0. The average molecular weight is 452 g/mol. The van der Waals surface area contributed by atoms with Gasteiger partial charge in [-0.05, 0) is 31.9 Å². The van der Waals surface area contributed by atoms with Gasteiger partial charge in [-0.25, -0.2) is 13.2 Å². The molecule has 154 valence electrons. The van der Waals surface area contributed by atoms with E-state index in [2.05, 4.69) is 0 Å². The lowest BCUT2D eigenvalue weighted by Gasteiger charge is -2.30. The fourth-order valence-corrected chi connectivity index (χ4v) is 4.91. The van der Waals surface area contributed by atoms with Gasteiger partial charge in [0, 0.05) is 13.1 Å². The van der Waals surface area contributed by atoms with Crippen LogP contribution in [-0.2, 0) is 24.3 Å². The van der Waals surface area contributed by atoms with Gasteiger partial charge in [-0.15, -0.1) is 0 Å². The van der Waals surface area contributed by atoms with Crippen molar-refractivity contribution in [1.29, 1.82) is 0 Å². The zero-order valence-electron chi connectivity index (χ0n) is 14.9. The average Bonchev–Trinajstić information content (AvgIpc) is 2.63. The van der Waals surface area contributed by atoms with Gasteiger partial charge in [0.05, 0.1) is 16.0 Å². The van der Waals surface area contributed by atoms with Gasteiger partial charge in [0.15, 0.2) is 6.10 Å². The van der Waals surface area contributed by atoms with E-state index in [0.29, 0.717) is 0 Å². The lowest BCUT2D eigenvalue weighted by molar-refractivity contribution is -0.159. The second-order valence-corrected chi connectivity index (χ2v) is 8.85. The zero-order valence-corrected chi connectivity index (χ0v) is 17.2. The Morgan fingerprint density at radius 1 is 1.25 bits per heavy atom. The Bertz CT molecular complexity index is 884. The standard InChI is InChI=1S/C16H19Cl2N3O6S/c1-9(14(22)20-16(19)24)27-15(23)10-5-7-21(8-6-10)28(25,26)12-4-2-3-11(17)13(12)18/h2-4,9-10H,5-8H2,1H3,(H3,19,20,22,24)/t9-/m0/s1. The van der Waals surface area contributed by atoms with Crippen molar-refractivity contribution in [1.82, 2.24) is 9.62 Å². The minimum atomic E-state index is -3.86. The van der Waals surface area contributed by atoms with Gasteiger partial charge in [-0.1, -0.05) is 29.3 Å². The van der Waals surface area contributed by atoms with Crippen molar-refractivity contribution in [3.05, 3.63) is 28.2 Å². The molecule has 1 aromatic carbocycles. The minimum absolute atomic E-state index is 0.0556. The molecule has 1 heterocycles. The van der Waals surface area contributed by atoms with E-state index in [1.54, 1.807) is 0 Å². The monoisotopic (exact) mass is 451 g/mol. The van der Waals surface area contributed by atoms with Gasteiger partial charge in [-0.3, -0.25) is 14.9 Å². The van der Waals surface area contributed by atoms with E-state index in [1.807, 2.05) is 5.32 Å². The molecule has 1 fully saturated rings. The van der Waals surface area contributed by atoms with Gasteiger partial charge in [0.1, 0.15) is 4.90 Å². The summed E-state index contributed by atoms with van der Waals surface area (Å²) in [6.45, 7) is 1.45. The van der Waals surface area contributed by atoms with Crippen LogP contribution in [0.15, 0.2) is 23.1 Å². The molecule has 0 radical (unpaired) electrons. The number of sulfonamides is 1. The van der Waals surface area contributed by atoms with E-state index >= 15 is 0 Å². The summed E-state index contributed by atoms with van der Waals surface area (Å²) in [6, 6.07) is 3.29. The highest BCUT2D eigenvalue weighted by Crippen LogP contribution is 2.32. The molecule has 0 spiro atoms. The lowest BCUT2D eigenvalue weighted by atomic mass is 9.98. The smallest absolute Gasteiger partial charge is 0.318 e. The summed E-state index contributed by atoms with van der Waals surface area (Å²) < 4.78 is 31.8. The Kier molecular flexibility index (Phi) is 7.27. The van der Waals surface area contributed by atoms with Gasteiger partial charge in [0.25, 0.3) is 5.91 Å². The topological polar surface area (TPSA) is 136 Å². The first kappa shape index (κ1) is 22.4. The third kappa shape index (κ3) is 5.13. The van der Waals surface area contributed by atoms with Gasteiger partial charge in [0.2, 0.25) is 10.0 Å². The van der Waals surface area contributed by atoms with Crippen LogP contribution in [0.1, 0.15) is 19.8 Å². The summed E-state index contributed by atoms with van der Waals surface area (Å²) in [5, 5.41) is 1.89. The van der Waals surface area contributed by atoms with Crippen molar-refractivity contribution in [2.45, 2.75) is 30.8 Å². The highest BCUT2D eigenvalue weighted by molar-refractivity contribution is 7.89. The van der Waals surface area contributed by atoms with Gasteiger partial charge < -0.3 is 10.5 Å². The van der Waals surface area contributed by atoms with E-state index in [-0.39, 0.29) is 40.9 Å². The van der Waals surface area contributed by atoms with Crippen LogP contribution < -0.4 is 11.1 Å². The molecule has 0 unspecified atom stereocenters. The predicted molar refractivity (Wildman–Crippen MR) is 101 cm³/mol. The molecule has 12 heteroatoms. The van der Waals surface area contributed by atoms with Crippen molar-refractivity contribution in [2.75, 3.05) is 13.1 Å². The Morgan fingerprint density at radius 2 is 1.86 bits per heavy atom. The van der Waals surface area contributed by atoms with Crippen LogP contribution in [0.4, 0.5) is 4.79 Å². The quantitative estimate of drug-likeness (QED) is 0.651. The number of hydrogen-bond acceptors (Lipinski definition) is 6. The zero-order chi connectivity index (χ0) is 21.1. The summed E-state index contributed by atoms with van der Waals surface area (Å²) in [6.07, 6.45) is -0.784. The number of nitrogens with one attached hydrogen (secondary N) is 1. The maximum Gasteiger partial charge on any atom is 0.318 e. The highest BCUT2D eigenvalue weighted by atomic mass is 35.5. The van der Waals surface area contributed by atoms with Gasteiger partial charge in [-0.2, -0.15) is 4.31 Å². The largest absolute Gasteiger partial charge is 0.452 e. The summed E-state index contributed by atoms with van der Waals surface area (Å²) >= 11 is 11.9. The van der Waals surface area contributed by atoms with Crippen LogP contribution in [0.25, 0.3) is 0 Å². The van der Waals surface area contributed by atoms with Crippen molar-refractivity contribution >= 4 is 51.1 Å². The van der Waals surface area contributed by atoms with Crippen molar-refractivity contribution in [3.63, 3.8) is 0 Å². The molecule has 1 aliphatic heterocycles. The number of urea groups is 1. The Balaban J connectivity index is 1.98. The number of piperidine rings is 1. The van der Waals surface area contributed by atoms with Crippen LogP contribution in [-0.4, -0.2) is 49.8 Å². The number of esters is 1. The molecular weight excluding hydrogens is 433 g/mol. The molecule has 3 N–H and O–H groups in total. The number of halogens is 2. The Morgan fingerprint density at radius 3 is 2.43 bits per heavy atom. The fraction of sp³-hybridized carbons (Fsp3) is 0.438. The second kappa shape index (κ2) is 9.08. The van der Waals surface area contributed by atoms with Crippen LogP contribution in [0.5, 0.6) is 0 Å². The third-order valence-corrected chi connectivity index (χ3v) is 7.10. The van der Waals surface area contributed by atoms with E-state index in [9.17, 15) is 22.8 Å². The van der Waals surface area contributed by atoms with E-state index in [0.717, 1.165) is 0 Å². The van der Waals surface area contributed by atoms with Gasteiger partial charge >= 0.3 is 12.0 Å². The molecule has 1 aliphatic rings. The molecule has 0 saturated carbocycles. The number of carbonyl (C=O) groups excluding carboxylic acids is 3. The first-order valence-corrected chi connectivity index (χ1v) is 10.5. The first-order valence-electron chi connectivity index (χ1n) is 8.29. The Labute approximate surface area is 172 Å². The molecule has 0 aliphatic carbocycles. The molecule has 28 heavy (non-hydrogen) atoms. The van der Waals surface area contributed by atoms with E-state index < -0.39 is 40.0 Å². The molecular formula is C16H19Cl2N3O6S. The SMILES string of the molecule is C[C@H](OC(=O)C1CCN(S(=O)(=O)c2cccc(Cl)c2Cl)CC1)C(=O)NC(N)=O. The van der Waals surface area contributed by atoms with Crippen LogP contribution in [0.3, 0.4) is 0 Å². The number of nitrogens with zero attached hydrogens (tertiary/aromatic N) is 1. The van der Waals surface area contributed by atoms with Crippen molar-refractivity contribution in [2.24, 2.45) is 11.7 Å². The van der Waals surface area contributed by atoms with Crippen LogP contribution in [0.2, 0.25) is 10.0 Å². The number of rotatable bonds is 5. The van der Waals surface area contributed by atoms with Crippen molar-refractivity contribution < 1.29 is 27.5 Å². The minimum Gasteiger partial charge on any atom is -0.452 e. The highest BCUT2D eigenvalue weighted by Gasteiger charge is 2.35. The molecule has 0 bridgehead atoms. The number of ether oxygens (including phenoxy) is 1. The molecule has 3 amide bonds. The molecule has 1 aromatic rings. The van der Waals surface area contributed by atoms with E-state index in [1.165, 1.54) is 29.4 Å². The van der Waals surface area contributed by atoms with E-state index in [4.69, 9.17) is 33.7 Å². The number of nitrogens with two attached hydrogens (primary N) is 1. The number of primary amides is 1.